The summed E-state index contributed by atoms with van der Waals surface area (Å²) in [5.74, 6) is -0.423. The molecule has 20 heavy (non-hydrogen) atoms. The minimum atomic E-state index is -0.793. The van der Waals surface area contributed by atoms with Crippen LogP contribution in [0.4, 0.5) is 0 Å². The van der Waals surface area contributed by atoms with Crippen LogP contribution >= 0.6 is 11.8 Å². The second kappa shape index (κ2) is 8.64. The molecule has 1 amide bonds. The zero-order chi connectivity index (χ0) is 15.0. The number of rotatable bonds is 8. The highest BCUT2D eigenvalue weighted by molar-refractivity contribution is 8.00. The van der Waals surface area contributed by atoms with Crippen molar-refractivity contribution in [1.82, 2.24) is 5.32 Å². The number of carboxylic acid groups (broad SMARTS) is 1. The van der Waals surface area contributed by atoms with Crippen LogP contribution in [0.25, 0.3) is 0 Å². The van der Waals surface area contributed by atoms with Crippen LogP contribution < -0.4 is 5.32 Å². The van der Waals surface area contributed by atoms with Crippen LogP contribution in [0.3, 0.4) is 0 Å². The molecular formula is C15H21NO3S. The van der Waals surface area contributed by atoms with E-state index in [1.54, 1.807) is 0 Å². The van der Waals surface area contributed by atoms with E-state index in [0.717, 1.165) is 4.90 Å². The lowest BCUT2D eigenvalue weighted by atomic mass is 10.1. The van der Waals surface area contributed by atoms with Crippen LogP contribution in [-0.4, -0.2) is 28.8 Å². The number of hydrogen-bond acceptors (Lipinski definition) is 3. The minimum Gasteiger partial charge on any atom is -0.481 e. The summed E-state index contributed by atoms with van der Waals surface area (Å²) < 4.78 is 0. The fraction of sp³-hybridized carbons (Fsp3) is 0.467. The number of aryl methyl sites for hydroxylation is 1. The highest BCUT2D eigenvalue weighted by Gasteiger charge is 2.09. The lowest BCUT2D eigenvalue weighted by Crippen LogP contribution is -2.33. The fourth-order valence-corrected chi connectivity index (χ4v) is 2.65. The molecule has 1 atom stereocenters. The second-order valence-electron chi connectivity index (χ2n) is 4.81. The predicted molar refractivity (Wildman–Crippen MR) is 81.0 cm³/mol. The molecule has 1 unspecified atom stereocenters. The number of carbonyl (C=O) groups excluding carboxylic acids is 1. The van der Waals surface area contributed by atoms with Crippen molar-refractivity contribution in [1.29, 1.82) is 0 Å². The van der Waals surface area contributed by atoms with Crippen molar-refractivity contribution in [2.45, 2.75) is 44.0 Å². The molecule has 0 bridgehead atoms. The third kappa shape index (κ3) is 6.61. The molecule has 2 N–H and O–H groups in total. The lowest BCUT2D eigenvalue weighted by molar-refractivity contribution is -0.137. The molecular weight excluding hydrogens is 274 g/mol. The Morgan fingerprint density at radius 2 is 2.05 bits per heavy atom. The molecule has 0 heterocycles. The van der Waals surface area contributed by atoms with Gasteiger partial charge in [0, 0.05) is 17.4 Å². The van der Waals surface area contributed by atoms with Crippen molar-refractivity contribution in [2.75, 3.05) is 5.75 Å². The van der Waals surface area contributed by atoms with E-state index in [1.807, 2.05) is 38.1 Å². The number of benzene rings is 1. The molecule has 110 valence electrons. The van der Waals surface area contributed by atoms with Gasteiger partial charge in [-0.2, -0.15) is 0 Å². The molecule has 4 nitrogen and oxygen atoms in total. The molecule has 0 spiro atoms. The number of amides is 1. The van der Waals surface area contributed by atoms with Crippen LogP contribution in [0.5, 0.6) is 0 Å². The molecule has 0 radical (unpaired) electrons. The van der Waals surface area contributed by atoms with Gasteiger partial charge in [-0.25, -0.2) is 0 Å². The molecule has 1 aromatic carbocycles. The van der Waals surface area contributed by atoms with Crippen molar-refractivity contribution in [2.24, 2.45) is 0 Å². The summed E-state index contributed by atoms with van der Waals surface area (Å²) in [6.45, 7) is 3.92. The van der Waals surface area contributed by atoms with Gasteiger partial charge in [-0.05, 0) is 38.3 Å². The van der Waals surface area contributed by atoms with E-state index in [2.05, 4.69) is 5.32 Å². The maximum absolute atomic E-state index is 11.8. The summed E-state index contributed by atoms with van der Waals surface area (Å²) in [4.78, 5) is 23.3. The first-order valence-electron chi connectivity index (χ1n) is 6.68. The van der Waals surface area contributed by atoms with E-state index in [-0.39, 0.29) is 18.4 Å². The average Bonchev–Trinajstić information content (AvgIpc) is 2.37. The molecule has 0 saturated carbocycles. The normalized spacial score (nSPS) is 11.9. The van der Waals surface area contributed by atoms with Gasteiger partial charge in [0.15, 0.2) is 0 Å². The van der Waals surface area contributed by atoms with E-state index in [9.17, 15) is 9.59 Å². The summed E-state index contributed by atoms with van der Waals surface area (Å²) in [6, 6.07) is 7.98. The summed E-state index contributed by atoms with van der Waals surface area (Å²) in [5, 5.41) is 11.4. The monoisotopic (exact) mass is 295 g/mol. The first-order valence-corrected chi connectivity index (χ1v) is 7.67. The zero-order valence-corrected chi connectivity index (χ0v) is 12.7. The SMILES string of the molecule is Cc1ccccc1SCC(=O)NC(C)CCCC(=O)O. The van der Waals surface area contributed by atoms with Gasteiger partial charge < -0.3 is 10.4 Å². The van der Waals surface area contributed by atoms with Gasteiger partial charge >= 0.3 is 5.97 Å². The summed E-state index contributed by atoms with van der Waals surface area (Å²) in [6.07, 6.45) is 1.42. The molecule has 0 aliphatic heterocycles. The van der Waals surface area contributed by atoms with Crippen LogP contribution in [0.15, 0.2) is 29.2 Å². The van der Waals surface area contributed by atoms with Gasteiger partial charge in [0.05, 0.1) is 5.75 Å². The van der Waals surface area contributed by atoms with Crippen molar-refractivity contribution >= 4 is 23.6 Å². The van der Waals surface area contributed by atoms with E-state index in [1.165, 1.54) is 17.3 Å². The maximum atomic E-state index is 11.8. The molecule has 0 fully saturated rings. The minimum absolute atomic E-state index is 0.0129. The van der Waals surface area contributed by atoms with Gasteiger partial charge in [-0.3, -0.25) is 9.59 Å². The maximum Gasteiger partial charge on any atom is 0.303 e. The number of nitrogens with one attached hydrogen (secondary N) is 1. The van der Waals surface area contributed by atoms with Gasteiger partial charge in [-0.15, -0.1) is 11.8 Å². The topological polar surface area (TPSA) is 66.4 Å². The van der Waals surface area contributed by atoms with Gasteiger partial charge in [0.25, 0.3) is 0 Å². The van der Waals surface area contributed by atoms with E-state index >= 15 is 0 Å². The Bertz CT molecular complexity index is 462. The Morgan fingerprint density at radius 3 is 2.70 bits per heavy atom. The first-order chi connectivity index (χ1) is 9.49. The highest BCUT2D eigenvalue weighted by Crippen LogP contribution is 2.21. The number of hydrogen-bond donors (Lipinski definition) is 2. The molecule has 0 aliphatic rings. The smallest absolute Gasteiger partial charge is 0.303 e. The Balaban J connectivity index is 2.26. The number of aliphatic carboxylic acids is 1. The van der Waals surface area contributed by atoms with E-state index in [4.69, 9.17) is 5.11 Å². The third-order valence-corrected chi connectivity index (χ3v) is 4.06. The quantitative estimate of drug-likeness (QED) is 0.724. The van der Waals surface area contributed by atoms with Crippen molar-refractivity contribution in [3.63, 3.8) is 0 Å². The van der Waals surface area contributed by atoms with Gasteiger partial charge in [0.1, 0.15) is 0 Å². The summed E-state index contributed by atoms with van der Waals surface area (Å²) in [5.41, 5.74) is 1.17. The van der Waals surface area contributed by atoms with E-state index < -0.39 is 5.97 Å². The first kappa shape index (κ1) is 16.6. The van der Waals surface area contributed by atoms with Crippen LogP contribution in [0.2, 0.25) is 0 Å². The predicted octanol–water partition coefficient (Wildman–Crippen LogP) is 2.85. The Kier molecular flexibility index (Phi) is 7.15. The Hall–Kier alpha value is -1.49. The van der Waals surface area contributed by atoms with Crippen LogP contribution in [0, 0.1) is 6.92 Å². The molecule has 0 saturated heterocycles. The third-order valence-electron chi connectivity index (χ3n) is 2.89. The van der Waals surface area contributed by atoms with E-state index in [0.29, 0.717) is 18.6 Å². The highest BCUT2D eigenvalue weighted by atomic mass is 32.2. The summed E-state index contributed by atoms with van der Waals surface area (Å²) >= 11 is 1.52. The van der Waals surface area contributed by atoms with Crippen molar-refractivity contribution in [3.8, 4) is 0 Å². The van der Waals surface area contributed by atoms with Crippen LogP contribution in [-0.2, 0) is 9.59 Å². The standard InChI is InChI=1S/C15H21NO3S/c1-11-6-3-4-8-13(11)20-10-14(17)16-12(2)7-5-9-15(18)19/h3-4,6,8,12H,5,7,9-10H2,1-2H3,(H,16,17)(H,18,19). The molecule has 0 aliphatic carbocycles. The molecule has 5 heteroatoms. The van der Waals surface area contributed by atoms with Gasteiger partial charge in [-0.1, -0.05) is 18.2 Å². The average molecular weight is 295 g/mol. The van der Waals surface area contributed by atoms with Crippen molar-refractivity contribution < 1.29 is 14.7 Å². The molecule has 1 aromatic rings. The van der Waals surface area contributed by atoms with Crippen LogP contribution in [0.1, 0.15) is 31.7 Å². The second-order valence-corrected chi connectivity index (χ2v) is 5.83. The fourth-order valence-electron chi connectivity index (χ4n) is 1.81. The van der Waals surface area contributed by atoms with Crippen molar-refractivity contribution in [3.05, 3.63) is 29.8 Å². The Morgan fingerprint density at radius 1 is 1.35 bits per heavy atom. The lowest BCUT2D eigenvalue weighted by Gasteiger charge is -2.13. The number of carbonyl (C=O) groups is 2. The number of thioether (sulfide) groups is 1. The largest absolute Gasteiger partial charge is 0.481 e. The zero-order valence-electron chi connectivity index (χ0n) is 11.9. The molecule has 0 aromatic heterocycles. The molecule has 1 rings (SSSR count). The number of carboxylic acids is 1. The summed E-state index contributed by atoms with van der Waals surface area (Å²) in [7, 11) is 0. The van der Waals surface area contributed by atoms with Gasteiger partial charge in [0.2, 0.25) is 5.91 Å². The Labute approximate surface area is 124 Å².